The Labute approximate surface area is 438 Å². The Morgan fingerprint density at radius 3 is 1.86 bits per heavy atom. The van der Waals surface area contributed by atoms with Gasteiger partial charge in [0.2, 0.25) is 0 Å². The van der Waals surface area contributed by atoms with Gasteiger partial charge in [0.1, 0.15) is 30.7 Å². The monoisotopic (exact) mass is 1090 g/mol. The van der Waals surface area contributed by atoms with Crippen molar-refractivity contribution < 1.29 is 76.5 Å². The van der Waals surface area contributed by atoms with Crippen molar-refractivity contribution in [3.05, 3.63) is 83.5 Å². The van der Waals surface area contributed by atoms with E-state index < -0.39 is 95.9 Å². The number of unbranched alkanes of at least 4 members (excludes halogenated alkanes) is 15. The fraction of sp³-hybridized carbons (Fsp3) is 0.692. The molecule has 0 spiro atoms. The molecule has 8 N–H and O–H groups in total. The minimum atomic E-state index is -5.48. The van der Waals surface area contributed by atoms with Crippen LogP contribution in [0.2, 0.25) is 0 Å². The number of carbonyl (C=O) groups excluding carboxylic acids is 2. The lowest BCUT2D eigenvalue weighted by Crippen LogP contribution is -2.36. The highest BCUT2D eigenvalue weighted by Gasteiger charge is 2.46. The number of nitrogens with two attached hydrogens (primary N) is 1. The van der Waals surface area contributed by atoms with Crippen LogP contribution in [0.3, 0.4) is 0 Å². The molecule has 1 aromatic heterocycles. The van der Waals surface area contributed by atoms with Crippen LogP contribution in [0.25, 0.3) is 0 Å². The molecular formula is C52H87N3O17P2. The number of hydrogen-bond acceptors (Lipinski definition) is 17. The Morgan fingerprint density at radius 1 is 0.716 bits per heavy atom. The number of aromatic nitrogens is 2. The molecule has 2 unspecified atom stereocenters. The summed E-state index contributed by atoms with van der Waals surface area (Å²) in [5.41, 5.74) is 4.57. The Kier molecular flexibility index (Phi) is 35.7. The lowest BCUT2D eigenvalue weighted by molar-refractivity contribution is -0.161. The van der Waals surface area contributed by atoms with Crippen molar-refractivity contribution in [2.24, 2.45) is 0 Å². The van der Waals surface area contributed by atoms with Crippen LogP contribution in [-0.4, -0.2) is 108 Å². The molecule has 422 valence electrons. The Balaban J connectivity index is 1.85. The van der Waals surface area contributed by atoms with Gasteiger partial charge >= 0.3 is 33.3 Å². The molecule has 0 bridgehead atoms. The number of phosphoric acid groups is 2. The van der Waals surface area contributed by atoms with E-state index in [1.165, 1.54) is 44.6 Å². The van der Waals surface area contributed by atoms with E-state index in [1.54, 1.807) is 24.3 Å². The predicted octanol–water partition coefficient (Wildman–Crippen LogP) is 9.06. The maximum atomic E-state index is 12.9. The number of nitrogens with zero attached hydrogens (tertiary/aromatic N) is 2. The van der Waals surface area contributed by atoms with Crippen molar-refractivity contribution in [2.45, 2.75) is 211 Å². The van der Waals surface area contributed by atoms with Crippen LogP contribution in [-0.2, 0) is 46.3 Å². The van der Waals surface area contributed by atoms with Crippen molar-refractivity contribution in [3.8, 4) is 0 Å². The maximum absolute atomic E-state index is 12.9. The lowest BCUT2D eigenvalue weighted by Gasteiger charge is -2.21. The summed E-state index contributed by atoms with van der Waals surface area (Å²) in [4.78, 5) is 62.0. The summed E-state index contributed by atoms with van der Waals surface area (Å²) in [7, 11) is -10.9. The molecule has 0 amide bonds. The van der Waals surface area contributed by atoms with Crippen LogP contribution >= 0.6 is 15.6 Å². The fourth-order valence-corrected chi connectivity index (χ4v) is 9.69. The minimum absolute atomic E-state index is 0.00612. The maximum Gasteiger partial charge on any atom is 0.481 e. The molecule has 22 heteroatoms. The molecule has 1 saturated heterocycles. The first-order valence-electron chi connectivity index (χ1n) is 26.5. The number of anilines is 1. The molecule has 2 rings (SSSR count). The van der Waals surface area contributed by atoms with Gasteiger partial charge in [-0.25, -0.2) is 13.9 Å². The number of rotatable bonds is 43. The van der Waals surface area contributed by atoms with Crippen LogP contribution in [0.4, 0.5) is 5.82 Å². The van der Waals surface area contributed by atoms with Crippen LogP contribution in [0.5, 0.6) is 0 Å². The standard InChI is InChI=1S/C52H87N3O17P2/c1-3-5-7-8-9-10-11-12-13-14-15-16-17-18-22-25-29-35-48(59)70-44(39-67-47(58)36-30-34-43(57)33-28-24-21-19-20-23-27-32-42(56)31-26-6-4-2)40-68-73(63,64)72-74(65,66)69-41-45-49(60)50(61)51(71-45)55-38-37-46(53)54-52(55)62/h12-13,20-21,23-24,27-28,32-33,37-38,42-45,49-51,56-57,60-61H,3-11,14-19,22,25-26,29-31,34-36,39-41H2,1-2H3,(H,63,64)(H,65,66)(H2,53,54,62)/b13-12-,23-20-,24-21-,32-27+,33-28+/t42-,43-,44+,45+,49+,50+,51+/m0/s1. The van der Waals surface area contributed by atoms with E-state index in [-0.39, 0.29) is 31.5 Å². The molecule has 2 heterocycles. The molecule has 74 heavy (non-hydrogen) atoms. The molecule has 20 nitrogen and oxygen atoms in total. The average Bonchev–Trinajstić information content (AvgIpc) is 3.63. The lowest BCUT2D eigenvalue weighted by atomic mass is 10.1. The van der Waals surface area contributed by atoms with Gasteiger partial charge in [0.15, 0.2) is 12.3 Å². The second kappa shape index (κ2) is 39.7. The van der Waals surface area contributed by atoms with Crippen molar-refractivity contribution >= 4 is 33.4 Å². The molecule has 1 fully saturated rings. The third-order valence-corrected chi connectivity index (χ3v) is 14.4. The second-order valence-electron chi connectivity index (χ2n) is 18.4. The van der Waals surface area contributed by atoms with Crippen LogP contribution in [0.15, 0.2) is 77.8 Å². The summed E-state index contributed by atoms with van der Waals surface area (Å²) < 4.78 is 56.6. The number of esters is 2. The van der Waals surface area contributed by atoms with Crippen molar-refractivity contribution in [1.82, 2.24) is 9.55 Å². The van der Waals surface area contributed by atoms with E-state index in [9.17, 15) is 53.7 Å². The number of allylic oxidation sites excluding steroid dienone is 8. The molecule has 1 aliphatic rings. The summed E-state index contributed by atoms with van der Waals surface area (Å²) >= 11 is 0. The highest BCUT2D eigenvalue weighted by atomic mass is 31.3. The van der Waals surface area contributed by atoms with E-state index in [2.05, 4.69) is 35.3 Å². The third-order valence-electron chi connectivity index (χ3n) is 11.8. The Morgan fingerprint density at radius 2 is 1.26 bits per heavy atom. The zero-order valence-corrected chi connectivity index (χ0v) is 45.4. The van der Waals surface area contributed by atoms with E-state index in [0.717, 1.165) is 87.8 Å². The number of phosphoric ester groups is 2. The molecule has 0 radical (unpaired) electrons. The van der Waals surface area contributed by atoms with E-state index in [0.29, 0.717) is 12.8 Å². The molecule has 0 saturated carbocycles. The minimum Gasteiger partial charge on any atom is -0.462 e. The van der Waals surface area contributed by atoms with Gasteiger partial charge in [-0.15, -0.1) is 0 Å². The van der Waals surface area contributed by atoms with Crippen LogP contribution < -0.4 is 11.4 Å². The van der Waals surface area contributed by atoms with Gasteiger partial charge in [-0.05, 0) is 63.9 Å². The van der Waals surface area contributed by atoms with Gasteiger partial charge in [0.05, 0.1) is 25.4 Å². The topological polar surface area (TPSA) is 306 Å². The summed E-state index contributed by atoms with van der Waals surface area (Å²) in [6.07, 6.45) is 32.1. The predicted molar refractivity (Wildman–Crippen MR) is 282 cm³/mol. The molecule has 9 atom stereocenters. The Bertz CT molecular complexity index is 2010. The zero-order valence-electron chi connectivity index (χ0n) is 43.6. The van der Waals surface area contributed by atoms with Crippen molar-refractivity contribution in [2.75, 3.05) is 25.6 Å². The first kappa shape index (κ1) is 66.5. The summed E-state index contributed by atoms with van der Waals surface area (Å²) in [6, 6.07) is 1.23. The van der Waals surface area contributed by atoms with Crippen molar-refractivity contribution in [1.29, 1.82) is 0 Å². The Hall–Kier alpha value is -3.62. The van der Waals surface area contributed by atoms with E-state index >= 15 is 0 Å². The van der Waals surface area contributed by atoms with Gasteiger partial charge in [-0.2, -0.15) is 9.29 Å². The van der Waals surface area contributed by atoms with Gasteiger partial charge in [-0.1, -0.05) is 158 Å². The number of nitrogen functional groups attached to an aromatic ring is 1. The number of aliphatic hydroxyl groups is 4. The average molecular weight is 1090 g/mol. The molecular weight excluding hydrogens is 1000 g/mol. The third kappa shape index (κ3) is 32.1. The number of ether oxygens (including phenoxy) is 3. The zero-order chi connectivity index (χ0) is 54.5. The second-order valence-corrected chi connectivity index (χ2v) is 21.5. The first-order chi connectivity index (χ1) is 35.5. The van der Waals surface area contributed by atoms with Gasteiger partial charge in [0.25, 0.3) is 0 Å². The summed E-state index contributed by atoms with van der Waals surface area (Å²) in [5.74, 6) is -1.54. The quantitative estimate of drug-likeness (QED) is 0.0105. The molecule has 1 aliphatic heterocycles. The number of hydrogen-bond donors (Lipinski definition) is 7. The molecule has 0 aliphatic carbocycles. The van der Waals surface area contributed by atoms with Gasteiger partial charge in [-0.3, -0.25) is 23.2 Å². The van der Waals surface area contributed by atoms with Gasteiger partial charge in [0, 0.05) is 19.0 Å². The SMILES string of the molecule is CCCCCCCC/C=C\CCCCCCCCCC(=O)O[C@H](COC(=O)CCC[C@@H](O)/C=C/C=C\C/C=C\C=C\[C@@H](O)CCCCC)COP(=O)(O)OP(=O)(O)OC[C@H]1O[C@@H](n2ccc(N)nc2=O)[C@H](O)[C@@H]1O. The normalized spacial score (nSPS) is 20.2. The van der Waals surface area contributed by atoms with Crippen molar-refractivity contribution in [3.63, 3.8) is 0 Å². The first-order valence-corrected chi connectivity index (χ1v) is 29.5. The fourth-order valence-electron chi connectivity index (χ4n) is 7.58. The van der Waals surface area contributed by atoms with Gasteiger partial charge < -0.3 is 50.2 Å². The molecule has 0 aromatic carbocycles. The van der Waals surface area contributed by atoms with Crippen LogP contribution in [0.1, 0.15) is 174 Å². The summed E-state index contributed by atoms with van der Waals surface area (Å²) in [6.45, 7) is 1.83. The van der Waals surface area contributed by atoms with Crippen LogP contribution in [0, 0.1) is 0 Å². The summed E-state index contributed by atoms with van der Waals surface area (Å²) in [5, 5.41) is 41.2. The number of carbonyl (C=O) groups is 2. The van der Waals surface area contributed by atoms with E-state index in [1.807, 2.05) is 24.3 Å². The number of aliphatic hydroxyl groups excluding tert-OH is 4. The largest absolute Gasteiger partial charge is 0.481 e. The highest BCUT2D eigenvalue weighted by Crippen LogP contribution is 2.60. The highest BCUT2D eigenvalue weighted by molar-refractivity contribution is 7.61. The van der Waals surface area contributed by atoms with E-state index in [4.69, 9.17) is 29.0 Å². The smallest absolute Gasteiger partial charge is 0.462 e. The molecule has 1 aromatic rings.